The van der Waals surface area contributed by atoms with E-state index < -0.39 is 0 Å². The summed E-state index contributed by atoms with van der Waals surface area (Å²) in [6.07, 6.45) is 2.81. The van der Waals surface area contributed by atoms with E-state index in [1.807, 2.05) is 51.9 Å². The molecule has 1 saturated heterocycles. The number of likely N-dealkylation sites (tertiary alicyclic amines) is 1. The Morgan fingerprint density at radius 1 is 0.963 bits per heavy atom. The van der Waals surface area contributed by atoms with Crippen LogP contribution in [0.1, 0.15) is 28.5 Å². The zero-order valence-electron chi connectivity index (χ0n) is 15.0. The molecule has 2 aromatic heterocycles. The van der Waals surface area contributed by atoms with Crippen LogP contribution >= 0.6 is 0 Å². The number of fused-ring (bicyclic) bond motifs is 4. The average molecular weight is 359 g/mol. The van der Waals surface area contributed by atoms with E-state index in [-0.39, 0.29) is 17.4 Å². The molecule has 2 aliphatic heterocycles. The van der Waals surface area contributed by atoms with Gasteiger partial charge in [-0.2, -0.15) is 0 Å². The molecule has 0 aliphatic carbocycles. The van der Waals surface area contributed by atoms with E-state index in [1.54, 1.807) is 12.3 Å². The molecule has 2 bridgehead atoms. The fraction of sp³-hybridized carbons (Fsp3) is 0.273. The molecule has 2 atom stereocenters. The minimum Gasteiger partial charge on any atom is -0.357 e. The third kappa shape index (κ3) is 2.79. The number of aromatic nitrogens is 2. The van der Waals surface area contributed by atoms with Gasteiger partial charge >= 0.3 is 0 Å². The summed E-state index contributed by atoms with van der Waals surface area (Å²) in [6.45, 7) is 2.06. The fourth-order valence-corrected chi connectivity index (χ4v) is 4.56. The molecule has 5 heteroatoms. The summed E-state index contributed by atoms with van der Waals surface area (Å²) in [7, 11) is 0. The smallest absolute Gasteiger partial charge is 0.270 e. The number of amides is 1. The number of rotatable bonds is 2. The third-order valence-electron chi connectivity index (χ3n) is 5.78. The van der Waals surface area contributed by atoms with Gasteiger partial charge in [0.1, 0.15) is 5.69 Å². The first kappa shape index (κ1) is 16.1. The van der Waals surface area contributed by atoms with Crippen LogP contribution in [-0.4, -0.2) is 33.4 Å². The van der Waals surface area contributed by atoms with Crippen molar-refractivity contribution < 1.29 is 4.79 Å². The molecule has 1 amide bonds. The number of hydrogen-bond acceptors (Lipinski definition) is 2. The lowest BCUT2D eigenvalue weighted by atomic mass is 9.82. The lowest BCUT2D eigenvalue weighted by Gasteiger charge is -2.42. The van der Waals surface area contributed by atoms with Crippen molar-refractivity contribution in [1.29, 1.82) is 0 Å². The van der Waals surface area contributed by atoms with Gasteiger partial charge < -0.3 is 14.5 Å². The van der Waals surface area contributed by atoms with Gasteiger partial charge in [0.2, 0.25) is 0 Å². The second-order valence-corrected chi connectivity index (χ2v) is 7.58. The van der Waals surface area contributed by atoms with E-state index in [1.165, 1.54) is 0 Å². The van der Waals surface area contributed by atoms with Gasteiger partial charge in [-0.25, -0.2) is 0 Å². The summed E-state index contributed by atoms with van der Waals surface area (Å²) in [5, 5.41) is 0. The molecule has 27 heavy (non-hydrogen) atoms. The Morgan fingerprint density at radius 2 is 1.81 bits per heavy atom. The molecular formula is C22H21N3O2. The number of piperidine rings is 1. The maximum atomic E-state index is 12.8. The first-order valence-corrected chi connectivity index (χ1v) is 9.42. The molecule has 5 rings (SSSR count). The minimum absolute atomic E-state index is 0.0460. The summed E-state index contributed by atoms with van der Waals surface area (Å²) in [6, 6.07) is 17.5. The number of benzene rings is 1. The Hall–Kier alpha value is -3.08. The van der Waals surface area contributed by atoms with Crippen molar-refractivity contribution in [3.8, 4) is 11.1 Å². The van der Waals surface area contributed by atoms with Crippen LogP contribution in [-0.2, 0) is 6.54 Å². The van der Waals surface area contributed by atoms with Crippen molar-refractivity contribution in [2.75, 3.05) is 13.1 Å². The number of H-pyrrole nitrogens is 1. The summed E-state index contributed by atoms with van der Waals surface area (Å²) in [5.74, 6) is 0.577. The summed E-state index contributed by atoms with van der Waals surface area (Å²) >= 11 is 0. The Balaban J connectivity index is 1.51. The summed E-state index contributed by atoms with van der Waals surface area (Å²) in [5.41, 5.74) is 3.76. The highest BCUT2D eigenvalue weighted by atomic mass is 16.2. The lowest BCUT2D eigenvalue weighted by molar-refractivity contribution is 0.0589. The van der Waals surface area contributed by atoms with Crippen molar-refractivity contribution in [1.82, 2.24) is 14.5 Å². The number of aromatic amines is 1. The first-order valence-electron chi connectivity index (χ1n) is 9.42. The summed E-state index contributed by atoms with van der Waals surface area (Å²) < 4.78 is 1.92. The van der Waals surface area contributed by atoms with E-state index >= 15 is 0 Å². The van der Waals surface area contributed by atoms with Crippen molar-refractivity contribution >= 4 is 5.91 Å². The Bertz CT molecular complexity index is 1040. The van der Waals surface area contributed by atoms with E-state index in [0.717, 1.165) is 23.2 Å². The van der Waals surface area contributed by atoms with Crippen LogP contribution in [0.2, 0.25) is 0 Å². The number of nitrogens with zero attached hydrogens (tertiary/aromatic N) is 2. The number of carbonyl (C=O) groups is 1. The quantitative estimate of drug-likeness (QED) is 0.764. The van der Waals surface area contributed by atoms with Crippen LogP contribution in [0.15, 0.2) is 65.6 Å². The number of hydrogen-bond donors (Lipinski definition) is 1. The number of carbonyl (C=O) groups excluding carboxylic acids is 1. The molecule has 0 spiro atoms. The number of pyridine rings is 1. The molecule has 1 aromatic carbocycles. The molecule has 4 heterocycles. The molecular weight excluding hydrogens is 338 g/mol. The molecule has 0 saturated carbocycles. The highest BCUT2D eigenvalue weighted by molar-refractivity contribution is 5.92. The normalized spacial score (nSPS) is 21.0. The van der Waals surface area contributed by atoms with Crippen molar-refractivity contribution in [3.05, 3.63) is 82.5 Å². The summed E-state index contributed by atoms with van der Waals surface area (Å²) in [4.78, 5) is 30.5. The highest BCUT2D eigenvalue weighted by Gasteiger charge is 2.37. The Labute approximate surface area is 157 Å². The lowest BCUT2D eigenvalue weighted by Crippen LogP contribution is -2.49. The highest BCUT2D eigenvalue weighted by Crippen LogP contribution is 2.36. The maximum absolute atomic E-state index is 12.8. The monoisotopic (exact) mass is 359 g/mol. The van der Waals surface area contributed by atoms with Crippen LogP contribution in [0.4, 0.5) is 0 Å². The van der Waals surface area contributed by atoms with Gasteiger partial charge in [0.25, 0.3) is 11.5 Å². The first-order chi connectivity index (χ1) is 13.2. The molecule has 2 aliphatic rings. The molecule has 0 radical (unpaired) electrons. The maximum Gasteiger partial charge on any atom is 0.270 e. The van der Waals surface area contributed by atoms with Gasteiger partial charge in [-0.05, 0) is 41.7 Å². The molecule has 136 valence electrons. The molecule has 3 aromatic rings. The van der Waals surface area contributed by atoms with Gasteiger partial charge in [-0.3, -0.25) is 9.59 Å². The van der Waals surface area contributed by atoms with Crippen LogP contribution in [0.25, 0.3) is 11.1 Å². The van der Waals surface area contributed by atoms with Gasteiger partial charge in [-0.1, -0.05) is 30.3 Å². The van der Waals surface area contributed by atoms with E-state index in [9.17, 15) is 9.59 Å². The van der Waals surface area contributed by atoms with Crippen molar-refractivity contribution in [2.24, 2.45) is 5.92 Å². The predicted molar refractivity (Wildman–Crippen MR) is 104 cm³/mol. The topological polar surface area (TPSA) is 58.1 Å². The predicted octanol–water partition coefficient (Wildman–Crippen LogP) is 3.10. The Kier molecular flexibility index (Phi) is 3.74. The van der Waals surface area contributed by atoms with Crippen LogP contribution in [0.5, 0.6) is 0 Å². The van der Waals surface area contributed by atoms with Crippen LogP contribution < -0.4 is 5.56 Å². The van der Waals surface area contributed by atoms with Gasteiger partial charge in [0, 0.05) is 43.5 Å². The van der Waals surface area contributed by atoms with Gasteiger partial charge in [0.05, 0.1) is 0 Å². The SMILES string of the molecule is O=C(c1ccc[nH]1)N1C[C@@H]2C[C@H](C1)c1cc(-c3ccccc3)cc(=O)n1C2. The molecule has 1 fully saturated rings. The zero-order chi connectivity index (χ0) is 18.4. The van der Waals surface area contributed by atoms with Crippen molar-refractivity contribution in [3.63, 3.8) is 0 Å². The standard InChI is InChI=1S/C22H21N3O2/c26-21-11-17(16-5-2-1-3-6-16)10-20-18-9-15(13-25(20)21)12-24(14-18)22(27)19-7-4-8-23-19/h1-8,10-11,15,18,23H,9,12-14H2/t15-,18+/m0/s1. The third-order valence-corrected chi connectivity index (χ3v) is 5.78. The second-order valence-electron chi connectivity index (χ2n) is 7.58. The average Bonchev–Trinajstić information content (AvgIpc) is 3.23. The number of nitrogens with one attached hydrogen (secondary N) is 1. The second kappa shape index (κ2) is 6.27. The van der Waals surface area contributed by atoms with Crippen molar-refractivity contribution in [2.45, 2.75) is 18.9 Å². The Morgan fingerprint density at radius 3 is 2.59 bits per heavy atom. The largest absolute Gasteiger partial charge is 0.357 e. The zero-order valence-corrected chi connectivity index (χ0v) is 15.0. The van der Waals surface area contributed by atoms with E-state index in [2.05, 4.69) is 11.1 Å². The van der Waals surface area contributed by atoms with Crippen LogP contribution in [0.3, 0.4) is 0 Å². The van der Waals surface area contributed by atoms with Gasteiger partial charge in [-0.15, -0.1) is 0 Å². The molecule has 0 unspecified atom stereocenters. The minimum atomic E-state index is 0.0460. The van der Waals surface area contributed by atoms with E-state index in [4.69, 9.17) is 0 Å². The fourth-order valence-electron chi connectivity index (χ4n) is 4.56. The van der Waals surface area contributed by atoms with Crippen LogP contribution in [0, 0.1) is 5.92 Å². The molecule has 1 N–H and O–H groups in total. The van der Waals surface area contributed by atoms with Gasteiger partial charge in [0.15, 0.2) is 0 Å². The van der Waals surface area contributed by atoms with E-state index in [0.29, 0.717) is 31.2 Å². The molecule has 5 nitrogen and oxygen atoms in total.